The highest BCUT2D eigenvalue weighted by atomic mass is 35.5. The van der Waals surface area contributed by atoms with Crippen LogP contribution in [0.5, 0.6) is 5.75 Å². The maximum absolute atomic E-state index is 13.0. The summed E-state index contributed by atoms with van der Waals surface area (Å²) in [7, 11) is 1.66. The molecule has 1 atom stereocenters. The maximum Gasteiger partial charge on any atom is 0.192 e. The Balaban J connectivity index is 1.53. The van der Waals surface area contributed by atoms with Crippen molar-refractivity contribution in [1.82, 2.24) is 14.8 Å². The highest BCUT2D eigenvalue weighted by molar-refractivity contribution is 8.00. The van der Waals surface area contributed by atoms with Gasteiger partial charge in [-0.05, 0) is 56.2 Å². The molecule has 8 heteroatoms. The standard InChI is InChI=1S/C25H29ClN4O2S/c1-17(24(31)18-11-13-19(26)14-12-18)33-25-29-28-23(30(25)21-8-4-3-5-9-21)16-27-20-7-6-10-22(15-20)32-2/h6-7,10-15,17,21,27H,3-5,8-9,16H2,1-2H3. The van der Waals surface area contributed by atoms with Crippen LogP contribution in [0.1, 0.15) is 61.3 Å². The molecule has 3 aromatic rings. The number of aromatic nitrogens is 3. The van der Waals surface area contributed by atoms with E-state index in [1.807, 2.05) is 31.2 Å². The average molecular weight is 485 g/mol. The molecular weight excluding hydrogens is 456 g/mol. The average Bonchev–Trinajstić information content (AvgIpc) is 3.25. The summed E-state index contributed by atoms with van der Waals surface area (Å²) >= 11 is 7.45. The summed E-state index contributed by atoms with van der Waals surface area (Å²) in [4.78, 5) is 13.0. The Morgan fingerprint density at radius 1 is 1.18 bits per heavy atom. The van der Waals surface area contributed by atoms with Crippen LogP contribution in [0.25, 0.3) is 0 Å². The molecule has 174 valence electrons. The van der Waals surface area contributed by atoms with Crippen LogP contribution in [0.2, 0.25) is 5.02 Å². The van der Waals surface area contributed by atoms with Gasteiger partial charge in [0, 0.05) is 28.4 Å². The number of anilines is 1. The first-order valence-electron chi connectivity index (χ1n) is 11.3. The van der Waals surface area contributed by atoms with Crippen molar-refractivity contribution in [2.75, 3.05) is 12.4 Å². The summed E-state index contributed by atoms with van der Waals surface area (Å²) in [5.41, 5.74) is 1.62. The molecule has 0 radical (unpaired) electrons. The quantitative estimate of drug-likeness (QED) is 0.279. The van der Waals surface area contributed by atoms with Crippen molar-refractivity contribution in [3.8, 4) is 5.75 Å². The number of benzene rings is 2. The van der Waals surface area contributed by atoms with E-state index in [4.69, 9.17) is 16.3 Å². The molecule has 1 N–H and O–H groups in total. The fourth-order valence-electron chi connectivity index (χ4n) is 4.19. The minimum absolute atomic E-state index is 0.0610. The van der Waals surface area contributed by atoms with E-state index in [0.29, 0.717) is 23.2 Å². The first-order chi connectivity index (χ1) is 16.0. The Labute approximate surface area is 204 Å². The van der Waals surface area contributed by atoms with E-state index in [2.05, 4.69) is 20.1 Å². The van der Waals surface area contributed by atoms with Gasteiger partial charge in [-0.1, -0.05) is 48.7 Å². The zero-order valence-electron chi connectivity index (χ0n) is 19.0. The Morgan fingerprint density at radius 2 is 1.94 bits per heavy atom. The molecule has 0 amide bonds. The third-order valence-electron chi connectivity index (χ3n) is 5.98. The third kappa shape index (κ3) is 5.89. The minimum Gasteiger partial charge on any atom is -0.497 e. The van der Waals surface area contributed by atoms with Gasteiger partial charge >= 0.3 is 0 Å². The molecule has 0 saturated heterocycles. The number of Topliss-reactive ketones (excluding diaryl/α,β-unsaturated/α-hetero) is 1. The largest absolute Gasteiger partial charge is 0.497 e. The molecule has 0 bridgehead atoms. The predicted molar refractivity (Wildman–Crippen MR) is 134 cm³/mol. The molecule has 1 aliphatic carbocycles. The second-order valence-corrected chi connectivity index (χ2v) is 10.0. The van der Waals surface area contributed by atoms with E-state index in [1.54, 1.807) is 31.4 Å². The lowest BCUT2D eigenvalue weighted by Gasteiger charge is -2.26. The first-order valence-corrected chi connectivity index (χ1v) is 12.6. The molecule has 1 aliphatic rings. The van der Waals surface area contributed by atoms with Crippen LogP contribution in [-0.2, 0) is 6.54 Å². The lowest BCUT2D eigenvalue weighted by Crippen LogP contribution is -2.20. The molecular formula is C25H29ClN4O2S. The van der Waals surface area contributed by atoms with Gasteiger partial charge in [0.2, 0.25) is 0 Å². The van der Waals surface area contributed by atoms with Crippen LogP contribution < -0.4 is 10.1 Å². The smallest absolute Gasteiger partial charge is 0.192 e. The molecule has 0 aliphatic heterocycles. The molecule has 6 nitrogen and oxygen atoms in total. The molecule has 1 unspecified atom stereocenters. The molecule has 2 aromatic carbocycles. The van der Waals surface area contributed by atoms with Crippen LogP contribution in [0.15, 0.2) is 53.7 Å². The van der Waals surface area contributed by atoms with Gasteiger partial charge in [-0.2, -0.15) is 0 Å². The number of thioether (sulfide) groups is 1. The summed E-state index contributed by atoms with van der Waals surface area (Å²) < 4.78 is 7.58. The van der Waals surface area contributed by atoms with Crippen molar-refractivity contribution in [3.63, 3.8) is 0 Å². The minimum atomic E-state index is -0.281. The van der Waals surface area contributed by atoms with Gasteiger partial charge in [-0.15, -0.1) is 10.2 Å². The molecule has 33 heavy (non-hydrogen) atoms. The number of carbonyl (C=O) groups is 1. The van der Waals surface area contributed by atoms with Crippen molar-refractivity contribution in [3.05, 3.63) is 64.9 Å². The van der Waals surface area contributed by atoms with Crippen molar-refractivity contribution >= 4 is 34.8 Å². The van der Waals surface area contributed by atoms with Gasteiger partial charge in [0.05, 0.1) is 18.9 Å². The van der Waals surface area contributed by atoms with E-state index in [-0.39, 0.29) is 11.0 Å². The van der Waals surface area contributed by atoms with Gasteiger partial charge in [0.25, 0.3) is 0 Å². The number of carbonyl (C=O) groups excluding carboxylic acids is 1. The number of halogens is 1. The first kappa shape index (κ1) is 23.6. The zero-order chi connectivity index (χ0) is 23.2. The Hall–Kier alpha value is -2.51. The van der Waals surface area contributed by atoms with E-state index in [1.165, 1.54) is 31.0 Å². The summed E-state index contributed by atoms with van der Waals surface area (Å²) in [5, 5.41) is 13.6. The Kier molecular flexibility index (Phi) is 7.93. The third-order valence-corrected chi connectivity index (χ3v) is 7.28. The van der Waals surface area contributed by atoms with E-state index < -0.39 is 0 Å². The monoisotopic (exact) mass is 484 g/mol. The molecule has 1 saturated carbocycles. The van der Waals surface area contributed by atoms with Crippen LogP contribution in [0, 0.1) is 0 Å². The molecule has 1 heterocycles. The normalized spacial score (nSPS) is 15.2. The summed E-state index contributed by atoms with van der Waals surface area (Å²) in [6.45, 7) is 2.48. The van der Waals surface area contributed by atoms with Crippen molar-refractivity contribution in [2.45, 2.75) is 62.0 Å². The van der Waals surface area contributed by atoms with Crippen LogP contribution in [-0.4, -0.2) is 32.9 Å². The predicted octanol–water partition coefficient (Wildman–Crippen LogP) is 6.42. The maximum atomic E-state index is 13.0. The number of nitrogens with zero attached hydrogens (tertiary/aromatic N) is 3. The fraction of sp³-hybridized carbons (Fsp3) is 0.400. The van der Waals surface area contributed by atoms with Gasteiger partial charge in [0.15, 0.2) is 16.8 Å². The molecule has 1 fully saturated rings. The fourth-order valence-corrected chi connectivity index (χ4v) is 5.33. The van der Waals surface area contributed by atoms with Gasteiger partial charge < -0.3 is 14.6 Å². The lowest BCUT2D eigenvalue weighted by molar-refractivity contribution is 0.0993. The van der Waals surface area contributed by atoms with Crippen LogP contribution in [0.3, 0.4) is 0 Å². The van der Waals surface area contributed by atoms with E-state index in [9.17, 15) is 4.79 Å². The lowest BCUT2D eigenvalue weighted by atomic mass is 9.95. The Morgan fingerprint density at radius 3 is 2.67 bits per heavy atom. The van der Waals surface area contributed by atoms with Crippen molar-refractivity contribution in [1.29, 1.82) is 0 Å². The number of rotatable bonds is 9. The molecule has 0 spiro atoms. The number of hydrogen-bond acceptors (Lipinski definition) is 6. The van der Waals surface area contributed by atoms with Crippen molar-refractivity contribution in [2.24, 2.45) is 0 Å². The summed E-state index contributed by atoms with van der Waals surface area (Å²) in [6, 6.07) is 15.3. The number of methoxy groups -OCH3 is 1. The molecule has 1 aromatic heterocycles. The van der Waals surface area contributed by atoms with Gasteiger partial charge in [-0.3, -0.25) is 4.79 Å². The summed E-state index contributed by atoms with van der Waals surface area (Å²) in [5.74, 6) is 1.75. The van der Waals surface area contributed by atoms with Crippen LogP contribution in [0.4, 0.5) is 5.69 Å². The number of ether oxygens (including phenoxy) is 1. The topological polar surface area (TPSA) is 69.0 Å². The van der Waals surface area contributed by atoms with Crippen molar-refractivity contribution < 1.29 is 9.53 Å². The second-order valence-electron chi connectivity index (χ2n) is 8.28. The zero-order valence-corrected chi connectivity index (χ0v) is 20.5. The second kappa shape index (κ2) is 11.1. The van der Waals surface area contributed by atoms with E-state index >= 15 is 0 Å². The number of ketones is 1. The SMILES string of the molecule is COc1cccc(NCc2nnc(SC(C)C(=O)c3ccc(Cl)cc3)n2C2CCCCC2)c1. The van der Waals surface area contributed by atoms with Gasteiger partial charge in [0.1, 0.15) is 5.75 Å². The number of nitrogens with one attached hydrogen (secondary N) is 1. The highest BCUT2D eigenvalue weighted by Gasteiger charge is 2.26. The molecule has 4 rings (SSSR count). The summed E-state index contributed by atoms with van der Waals surface area (Å²) in [6.07, 6.45) is 5.89. The highest BCUT2D eigenvalue weighted by Crippen LogP contribution is 2.34. The van der Waals surface area contributed by atoms with Crippen LogP contribution >= 0.6 is 23.4 Å². The van der Waals surface area contributed by atoms with Gasteiger partial charge in [-0.25, -0.2) is 0 Å². The Bertz CT molecular complexity index is 1080. The number of hydrogen-bond donors (Lipinski definition) is 1. The van der Waals surface area contributed by atoms with E-state index in [0.717, 1.165) is 35.3 Å².